The van der Waals surface area contributed by atoms with Crippen molar-refractivity contribution < 1.29 is 9.15 Å². The van der Waals surface area contributed by atoms with Gasteiger partial charge in [0.25, 0.3) is 0 Å². The number of hydrogen-bond donors (Lipinski definition) is 0. The number of halogens is 1. The van der Waals surface area contributed by atoms with Crippen molar-refractivity contribution in [2.24, 2.45) is 0 Å². The quantitative estimate of drug-likeness (QED) is 0.752. The first-order valence-electron chi connectivity index (χ1n) is 4.48. The van der Waals surface area contributed by atoms with E-state index in [-0.39, 0.29) is 0 Å². The van der Waals surface area contributed by atoms with Crippen LogP contribution in [-0.2, 0) is 10.1 Å². The SMILES string of the molecule is BrCc1cnc(C2CCOCC2)o1. The fraction of sp³-hybridized carbons (Fsp3) is 0.667. The van der Waals surface area contributed by atoms with Gasteiger partial charge in [-0.05, 0) is 12.8 Å². The molecule has 0 saturated carbocycles. The van der Waals surface area contributed by atoms with E-state index < -0.39 is 0 Å². The average molecular weight is 246 g/mol. The monoisotopic (exact) mass is 245 g/mol. The summed E-state index contributed by atoms with van der Waals surface area (Å²) < 4.78 is 10.8. The average Bonchev–Trinajstić information content (AvgIpc) is 2.67. The normalized spacial score (nSPS) is 19.2. The smallest absolute Gasteiger partial charge is 0.197 e. The van der Waals surface area contributed by atoms with Crippen LogP contribution in [0.2, 0.25) is 0 Å². The lowest BCUT2D eigenvalue weighted by Crippen LogP contribution is -2.14. The molecule has 1 aromatic rings. The van der Waals surface area contributed by atoms with Gasteiger partial charge in [-0.15, -0.1) is 0 Å². The Morgan fingerprint density at radius 3 is 2.85 bits per heavy atom. The highest BCUT2D eigenvalue weighted by Gasteiger charge is 2.20. The molecule has 0 bridgehead atoms. The molecule has 1 fully saturated rings. The van der Waals surface area contributed by atoms with Crippen LogP contribution in [0.3, 0.4) is 0 Å². The van der Waals surface area contributed by atoms with Crippen molar-refractivity contribution in [1.29, 1.82) is 0 Å². The van der Waals surface area contributed by atoms with Gasteiger partial charge in [0.15, 0.2) is 5.89 Å². The molecule has 0 radical (unpaired) electrons. The fourth-order valence-corrected chi connectivity index (χ4v) is 1.78. The van der Waals surface area contributed by atoms with Crippen LogP contribution >= 0.6 is 15.9 Å². The Bertz CT molecular complexity index is 268. The Balaban J connectivity index is 2.05. The zero-order valence-electron chi connectivity index (χ0n) is 7.33. The molecule has 0 atom stereocenters. The van der Waals surface area contributed by atoms with E-state index in [2.05, 4.69) is 20.9 Å². The van der Waals surface area contributed by atoms with Crippen LogP contribution in [0, 0.1) is 0 Å². The van der Waals surface area contributed by atoms with Gasteiger partial charge in [-0.1, -0.05) is 15.9 Å². The summed E-state index contributed by atoms with van der Waals surface area (Å²) in [6.45, 7) is 1.66. The van der Waals surface area contributed by atoms with E-state index >= 15 is 0 Å². The molecule has 4 heteroatoms. The van der Waals surface area contributed by atoms with Gasteiger partial charge in [0, 0.05) is 19.1 Å². The van der Waals surface area contributed by atoms with Gasteiger partial charge >= 0.3 is 0 Å². The van der Waals surface area contributed by atoms with Crippen LogP contribution in [0.15, 0.2) is 10.6 Å². The molecule has 0 N–H and O–H groups in total. The molecule has 13 heavy (non-hydrogen) atoms. The van der Waals surface area contributed by atoms with Gasteiger partial charge in [-0.25, -0.2) is 4.98 Å². The van der Waals surface area contributed by atoms with Gasteiger partial charge in [0.1, 0.15) is 5.76 Å². The Hall–Kier alpha value is -0.350. The van der Waals surface area contributed by atoms with Crippen molar-refractivity contribution in [3.63, 3.8) is 0 Å². The second-order valence-corrected chi connectivity index (χ2v) is 3.75. The molecular formula is C9H12BrNO2. The van der Waals surface area contributed by atoms with E-state index in [1.165, 1.54) is 0 Å². The van der Waals surface area contributed by atoms with E-state index in [0.717, 1.165) is 43.0 Å². The molecule has 2 rings (SSSR count). The van der Waals surface area contributed by atoms with Crippen molar-refractivity contribution in [3.05, 3.63) is 17.8 Å². The molecule has 1 saturated heterocycles. The molecule has 0 aliphatic carbocycles. The third-order valence-corrected chi connectivity index (χ3v) is 2.83. The Morgan fingerprint density at radius 1 is 1.46 bits per heavy atom. The molecule has 1 aromatic heterocycles. The number of nitrogens with zero attached hydrogens (tertiary/aromatic N) is 1. The van der Waals surface area contributed by atoms with Gasteiger partial charge in [-0.2, -0.15) is 0 Å². The fourth-order valence-electron chi connectivity index (χ4n) is 1.52. The number of oxazole rings is 1. The first-order valence-corrected chi connectivity index (χ1v) is 5.60. The van der Waals surface area contributed by atoms with Crippen LogP contribution in [0.4, 0.5) is 0 Å². The van der Waals surface area contributed by atoms with Crippen molar-refractivity contribution in [3.8, 4) is 0 Å². The van der Waals surface area contributed by atoms with E-state index in [9.17, 15) is 0 Å². The Labute approximate surface area is 85.6 Å². The topological polar surface area (TPSA) is 35.3 Å². The summed E-state index contributed by atoms with van der Waals surface area (Å²) in [5, 5.41) is 0.739. The second-order valence-electron chi connectivity index (χ2n) is 3.19. The van der Waals surface area contributed by atoms with Crippen molar-refractivity contribution in [1.82, 2.24) is 4.98 Å². The van der Waals surface area contributed by atoms with Crippen LogP contribution in [0.25, 0.3) is 0 Å². The third-order valence-electron chi connectivity index (χ3n) is 2.27. The summed E-state index contributed by atoms with van der Waals surface area (Å²) in [6.07, 6.45) is 3.85. The van der Waals surface area contributed by atoms with Crippen LogP contribution < -0.4 is 0 Å². The lowest BCUT2D eigenvalue weighted by atomic mass is 10.0. The van der Waals surface area contributed by atoms with Crippen molar-refractivity contribution in [2.45, 2.75) is 24.1 Å². The summed E-state index contributed by atoms with van der Waals surface area (Å²) in [5.41, 5.74) is 0. The molecular weight excluding hydrogens is 234 g/mol. The molecule has 72 valence electrons. The molecule has 1 aliphatic heterocycles. The number of ether oxygens (including phenoxy) is 1. The predicted molar refractivity (Wildman–Crippen MR) is 51.9 cm³/mol. The van der Waals surface area contributed by atoms with Gasteiger partial charge < -0.3 is 9.15 Å². The zero-order valence-corrected chi connectivity index (χ0v) is 8.92. The summed E-state index contributed by atoms with van der Waals surface area (Å²) in [7, 11) is 0. The largest absolute Gasteiger partial charge is 0.445 e. The van der Waals surface area contributed by atoms with Crippen LogP contribution in [0.1, 0.15) is 30.4 Å². The number of hydrogen-bond acceptors (Lipinski definition) is 3. The van der Waals surface area contributed by atoms with Crippen LogP contribution in [0.5, 0.6) is 0 Å². The van der Waals surface area contributed by atoms with Crippen molar-refractivity contribution >= 4 is 15.9 Å². The third kappa shape index (κ3) is 2.11. The second kappa shape index (κ2) is 4.24. The summed E-state index contributed by atoms with van der Waals surface area (Å²) in [5.74, 6) is 2.24. The molecule has 1 aliphatic rings. The zero-order chi connectivity index (χ0) is 9.10. The summed E-state index contributed by atoms with van der Waals surface area (Å²) >= 11 is 3.34. The first kappa shape index (κ1) is 9.21. The standard InChI is InChI=1S/C9H12BrNO2/c10-5-8-6-11-9(13-8)7-1-3-12-4-2-7/h6-7H,1-5H2. The van der Waals surface area contributed by atoms with Gasteiger partial charge in [-0.3, -0.25) is 0 Å². The molecule has 0 unspecified atom stereocenters. The van der Waals surface area contributed by atoms with E-state index in [1.807, 2.05) is 0 Å². The molecule has 0 aromatic carbocycles. The van der Waals surface area contributed by atoms with E-state index in [1.54, 1.807) is 6.20 Å². The van der Waals surface area contributed by atoms with E-state index in [0.29, 0.717) is 5.92 Å². The maximum Gasteiger partial charge on any atom is 0.197 e. The lowest BCUT2D eigenvalue weighted by molar-refractivity contribution is 0.0792. The van der Waals surface area contributed by atoms with Crippen LogP contribution in [-0.4, -0.2) is 18.2 Å². The minimum atomic E-state index is 0.460. The molecule has 0 spiro atoms. The Morgan fingerprint density at radius 2 is 2.23 bits per heavy atom. The lowest BCUT2D eigenvalue weighted by Gasteiger charge is -2.18. The molecule has 2 heterocycles. The Kier molecular flexibility index (Phi) is 3.01. The van der Waals surface area contributed by atoms with Crippen molar-refractivity contribution in [2.75, 3.05) is 13.2 Å². The highest BCUT2D eigenvalue weighted by molar-refractivity contribution is 9.08. The van der Waals surface area contributed by atoms with Gasteiger partial charge in [0.2, 0.25) is 0 Å². The molecule has 0 amide bonds. The highest BCUT2D eigenvalue weighted by atomic mass is 79.9. The number of alkyl halides is 1. The summed E-state index contributed by atoms with van der Waals surface area (Å²) in [6, 6.07) is 0. The number of aromatic nitrogens is 1. The first-order chi connectivity index (χ1) is 6.40. The molecule has 3 nitrogen and oxygen atoms in total. The minimum Gasteiger partial charge on any atom is -0.445 e. The maximum absolute atomic E-state index is 5.56. The summed E-state index contributed by atoms with van der Waals surface area (Å²) in [4.78, 5) is 4.26. The van der Waals surface area contributed by atoms with E-state index in [4.69, 9.17) is 9.15 Å². The number of rotatable bonds is 2. The van der Waals surface area contributed by atoms with Gasteiger partial charge in [0.05, 0.1) is 11.5 Å². The highest BCUT2D eigenvalue weighted by Crippen LogP contribution is 2.26. The maximum atomic E-state index is 5.56. The minimum absolute atomic E-state index is 0.460. The predicted octanol–water partition coefficient (Wildman–Crippen LogP) is 2.46.